The SMILES string of the molecule is CCOc1cc([C@@H](CS(C)(=O)=O)n2c(=O)[nH]c3c(C)c(-c4ccccc4)cnc32)ccc1OC(F)F. The van der Waals surface area contributed by atoms with E-state index in [1.165, 1.54) is 22.8 Å². The summed E-state index contributed by atoms with van der Waals surface area (Å²) >= 11 is 0. The number of sulfone groups is 1. The second kappa shape index (κ2) is 10.1. The smallest absolute Gasteiger partial charge is 0.387 e. The van der Waals surface area contributed by atoms with Gasteiger partial charge in [0.1, 0.15) is 9.84 Å². The van der Waals surface area contributed by atoms with Crippen molar-refractivity contribution in [1.29, 1.82) is 0 Å². The van der Waals surface area contributed by atoms with Gasteiger partial charge in [-0.15, -0.1) is 0 Å². The predicted octanol–water partition coefficient (Wildman–Crippen LogP) is 4.33. The van der Waals surface area contributed by atoms with Crippen LogP contribution in [0.5, 0.6) is 11.5 Å². The maximum absolute atomic E-state index is 13.2. The van der Waals surface area contributed by atoms with Crippen LogP contribution in [-0.2, 0) is 9.84 Å². The summed E-state index contributed by atoms with van der Waals surface area (Å²) in [5.74, 6) is -0.611. The number of aromatic amines is 1. The lowest BCUT2D eigenvalue weighted by atomic mass is 10.0. The molecule has 2 heterocycles. The van der Waals surface area contributed by atoms with Gasteiger partial charge < -0.3 is 14.5 Å². The number of fused-ring (bicyclic) bond motifs is 1. The first-order valence-electron chi connectivity index (χ1n) is 11.1. The maximum Gasteiger partial charge on any atom is 0.387 e. The molecule has 0 saturated heterocycles. The number of hydrogen-bond donors (Lipinski definition) is 1. The highest BCUT2D eigenvalue weighted by atomic mass is 32.2. The number of imidazole rings is 1. The average Bonchev–Trinajstić information content (AvgIpc) is 3.15. The summed E-state index contributed by atoms with van der Waals surface area (Å²) in [5.41, 5.74) is 3.07. The number of pyridine rings is 1. The van der Waals surface area contributed by atoms with Gasteiger partial charge in [0.05, 0.1) is 23.9 Å². The zero-order valence-electron chi connectivity index (χ0n) is 19.9. The Morgan fingerprint density at radius 3 is 2.47 bits per heavy atom. The number of hydrogen-bond acceptors (Lipinski definition) is 6. The van der Waals surface area contributed by atoms with Crippen LogP contribution in [0.3, 0.4) is 0 Å². The van der Waals surface area contributed by atoms with Crippen LogP contribution >= 0.6 is 0 Å². The van der Waals surface area contributed by atoms with E-state index in [2.05, 4.69) is 14.7 Å². The third-order valence-electron chi connectivity index (χ3n) is 5.72. The number of H-pyrrole nitrogens is 1. The summed E-state index contributed by atoms with van der Waals surface area (Å²) in [7, 11) is -3.59. The van der Waals surface area contributed by atoms with Crippen LogP contribution in [0.2, 0.25) is 0 Å². The van der Waals surface area contributed by atoms with Crippen LogP contribution < -0.4 is 15.2 Å². The number of alkyl halides is 2. The van der Waals surface area contributed by atoms with Crippen LogP contribution in [0.15, 0.2) is 59.5 Å². The number of benzene rings is 2. The van der Waals surface area contributed by atoms with Crippen LogP contribution in [0.1, 0.15) is 24.1 Å². The standard InChI is InChI=1S/C25H25F2N3O5S/c1-4-34-21-12-17(10-11-20(21)35-24(26)27)19(14-36(3,32)33)30-23-22(29-25(30)31)15(2)18(13-28-23)16-8-6-5-7-9-16/h5-13,19,24H,4,14H2,1-3H3,(H,29,31)/t19-/m1/s1. The molecule has 0 aliphatic rings. The van der Waals surface area contributed by atoms with Crippen LogP contribution in [0.25, 0.3) is 22.3 Å². The third kappa shape index (κ3) is 5.25. The van der Waals surface area contributed by atoms with Crippen molar-refractivity contribution in [2.24, 2.45) is 0 Å². The predicted molar refractivity (Wildman–Crippen MR) is 133 cm³/mol. The molecule has 0 aliphatic heterocycles. The Kier molecular flexibility index (Phi) is 7.11. The minimum absolute atomic E-state index is 0.0113. The minimum atomic E-state index is -3.59. The fourth-order valence-electron chi connectivity index (χ4n) is 4.18. The number of aryl methyl sites for hydroxylation is 1. The van der Waals surface area contributed by atoms with Gasteiger partial charge in [-0.3, -0.25) is 4.57 Å². The summed E-state index contributed by atoms with van der Waals surface area (Å²) in [6.45, 7) is 0.621. The number of nitrogens with one attached hydrogen (secondary N) is 1. The molecule has 36 heavy (non-hydrogen) atoms. The molecule has 4 aromatic rings. The molecule has 1 N–H and O–H groups in total. The maximum atomic E-state index is 13.2. The van der Waals surface area contributed by atoms with Gasteiger partial charge >= 0.3 is 12.3 Å². The fraction of sp³-hybridized carbons (Fsp3) is 0.280. The third-order valence-corrected chi connectivity index (χ3v) is 6.64. The van der Waals surface area contributed by atoms with E-state index >= 15 is 0 Å². The highest BCUT2D eigenvalue weighted by molar-refractivity contribution is 7.90. The highest BCUT2D eigenvalue weighted by Crippen LogP contribution is 2.34. The van der Waals surface area contributed by atoms with E-state index in [1.54, 1.807) is 13.1 Å². The Labute approximate surface area is 206 Å². The molecule has 0 radical (unpaired) electrons. The topological polar surface area (TPSA) is 103 Å². The summed E-state index contributed by atoms with van der Waals surface area (Å²) in [6.07, 6.45) is 2.70. The monoisotopic (exact) mass is 517 g/mol. The molecule has 8 nitrogen and oxygen atoms in total. The molecule has 0 saturated carbocycles. The van der Waals surface area contributed by atoms with Gasteiger partial charge in [0, 0.05) is 18.0 Å². The number of halogens is 2. The van der Waals surface area contributed by atoms with Crippen molar-refractivity contribution in [1.82, 2.24) is 14.5 Å². The van der Waals surface area contributed by atoms with E-state index in [9.17, 15) is 22.0 Å². The van der Waals surface area contributed by atoms with Crippen molar-refractivity contribution >= 4 is 21.0 Å². The van der Waals surface area contributed by atoms with Gasteiger partial charge in [-0.05, 0) is 42.7 Å². The van der Waals surface area contributed by atoms with Crippen molar-refractivity contribution in [3.05, 3.63) is 76.3 Å². The van der Waals surface area contributed by atoms with Crippen LogP contribution in [0.4, 0.5) is 8.78 Å². The molecular weight excluding hydrogens is 492 g/mol. The van der Waals surface area contributed by atoms with Crippen LogP contribution in [0, 0.1) is 6.92 Å². The summed E-state index contributed by atoms with van der Waals surface area (Å²) in [5, 5.41) is 0. The summed E-state index contributed by atoms with van der Waals surface area (Å²) < 4.78 is 61.7. The number of rotatable bonds is 9. The zero-order valence-corrected chi connectivity index (χ0v) is 20.7. The molecule has 11 heteroatoms. The molecule has 0 spiro atoms. The second-order valence-electron chi connectivity index (χ2n) is 8.29. The lowest BCUT2D eigenvalue weighted by Gasteiger charge is -2.20. The Morgan fingerprint density at radius 2 is 1.83 bits per heavy atom. The minimum Gasteiger partial charge on any atom is -0.490 e. The molecule has 2 aromatic carbocycles. The zero-order chi connectivity index (χ0) is 26.0. The molecular formula is C25H25F2N3O5S. The van der Waals surface area contributed by atoms with Gasteiger partial charge in [0.15, 0.2) is 17.1 Å². The van der Waals surface area contributed by atoms with E-state index in [4.69, 9.17) is 4.74 Å². The van der Waals surface area contributed by atoms with Gasteiger partial charge in [0.25, 0.3) is 0 Å². The molecule has 0 unspecified atom stereocenters. The Balaban J connectivity index is 1.90. The van der Waals surface area contributed by atoms with Crippen molar-refractivity contribution < 1.29 is 26.7 Å². The molecule has 0 bridgehead atoms. The normalized spacial score (nSPS) is 12.7. The quantitative estimate of drug-likeness (QED) is 0.354. The van der Waals surface area contributed by atoms with Gasteiger partial charge in [-0.1, -0.05) is 36.4 Å². The van der Waals surface area contributed by atoms with Crippen LogP contribution in [-0.4, -0.2) is 48.2 Å². The van der Waals surface area contributed by atoms with Crippen molar-refractivity contribution in [2.45, 2.75) is 26.5 Å². The number of aromatic nitrogens is 3. The molecule has 0 amide bonds. The average molecular weight is 518 g/mol. The van der Waals surface area contributed by atoms with E-state index in [-0.39, 0.29) is 23.8 Å². The van der Waals surface area contributed by atoms with Crippen molar-refractivity contribution in [3.8, 4) is 22.6 Å². The highest BCUT2D eigenvalue weighted by Gasteiger charge is 2.27. The molecule has 4 rings (SSSR count). The van der Waals surface area contributed by atoms with E-state index in [0.717, 1.165) is 22.9 Å². The van der Waals surface area contributed by atoms with Gasteiger partial charge in [0.2, 0.25) is 0 Å². The molecule has 0 fully saturated rings. The molecule has 2 aromatic heterocycles. The fourth-order valence-corrected chi connectivity index (χ4v) is 5.10. The Hall–Kier alpha value is -3.73. The van der Waals surface area contributed by atoms with Gasteiger partial charge in [-0.2, -0.15) is 8.78 Å². The summed E-state index contributed by atoms with van der Waals surface area (Å²) in [4.78, 5) is 20.5. The van der Waals surface area contributed by atoms with E-state index < -0.39 is 33.9 Å². The number of nitrogens with zero attached hydrogens (tertiary/aromatic N) is 2. The largest absolute Gasteiger partial charge is 0.490 e. The first kappa shape index (κ1) is 25.4. The van der Waals surface area contributed by atoms with E-state index in [0.29, 0.717) is 11.1 Å². The van der Waals surface area contributed by atoms with E-state index in [1.807, 2.05) is 37.3 Å². The van der Waals surface area contributed by atoms with Crippen molar-refractivity contribution in [2.75, 3.05) is 18.6 Å². The molecule has 0 aliphatic carbocycles. The lowest BCUT2D eigenvalue weighted by Crippen LogP contribution is -2.28. The second-order valence-corrected chi connectivity index (χ2v) is 10.5. The molecule has 1 atom stereocenters. The van der Waals surface area contributed by atoms with Gasteiger partial charge in [-0.25, -0.2) is 18.2 Å². The van der Waals surface area contributed by atoms with Crippen molar-refractivity contribution in [3.63, 3.8) is 0 Å². The first-order valence-corrected chi connectivity index (χ1v) is 13.2. The number of ether oxygens (including phenoxy) is 2. The Morgan fingerprint density at radius 1 is 1.11 bits per heavy atom. The summed E-state index contributed by atoms with van der Waals surface area (Å²) in [6, 6.07) is 12.7. The first-order chi connectivity index (χ1) is 17.1. The Bertz CT molecular complexity index is 1550. The lowest BCUT2D eigenvalue weighted by molar-refractivity contribution is -0.0514. The molecule has 190 valence electrons.